The minimum absolute atomic E-state index is 0.0612. The number of hydrogen-bond donors (Lipinski definition) is 2. The Morgan fingerprint density at radius 3 is 2.64 bits per heavy atom. The van der Waals surface area contributed by atoms with Gasteiger partial charge in [0.25, 0.3) is 0 Å². The van der Waals surface area contributed by atoms with E-state index < -0.39 is 0 Å². The molecule has 0 bridgehead atoms. The summed E-state index contributed by atoms with van der Waals surface area (Å²) in [5.41, 5.74) is 5.14. The van der Waals surface area contributed by atoms with Crippen LogP contribution >= 0.6 is 0 Å². The average molecular weight is 202 g/mol. The van der Waals surface area contributed by atoms with Crippen molar-refractivity contribution in [1.82, 2.24) is 5.32 Å². The summed E-state index contributed by atoms with van der Waals surface area (Å²) in [5, 5.41) is 2.89. The molecule has 0 aromatic carbocycles. The molecule has 0 aromatic rings. The van der Waals surface area contributed by atoms with Crippen LogP contribution in [0.4, 0.5) is 0 Å². The third-order valence-electron chi connectivity index (χ3n) is 2.09. The minimum Gasteiger partial charge on any atom is -0.372 e. The van der Waals surface area contributed by atoms with Crippen LogP contribution in [0, 0.1) is 0 Å². The van der Waals surface area contributed by atoms with E-state index in [0.717, 1.165) is 12.8 Å². The molecule has 0 saturated carbocycles. The van der Waals surface area contributed by atoms with E-state index in [-0.39, 0.29) is 18.1 Å². The van der Waals surface area contributed by atoms with Gasteiger partial charge in [-0.15, -0.1) is 0 Å². The predicted molar refractivity (Wildman–Crippen MR) is 57.0 cm³/mol. The maximum Gasteiger partial charge on any atom is 0.246 e. The topological polar surface area (TPSA) is 64.3 Å². The van der Waals surface area contributed by atoms with E-state index in [9.17, 15) is 4.79 Å². The van der Waals surface area contributed by atoms with Crippen molar-refractivity contribution >= 4 is 5.91 Å². The van der Waals surface area contributed by atoms with Gasteiger partial charge in [0.15, 0.2) is 0 Å². The van der Waals surface area contributed by atoms with Gasteiger partial charge < -0.3 is 15.8 Å². The predicted octanol–water partition coefficient (Wildman–Crippen LogP) is 0.657. The maximum atomic E-state index is 11.3. The van der Waals surface area contributed by atoms with Crippen LogP contribution < -0.4 is 11.1 Å². The van der Waals surface area contributed by atoms with Gasteiger partial charge >= 0.3 is 0 Å². The van der Waals surface area contributed by atoms with Crippen molar-refractivity contribution in [3.63, 3.8) is 0 Å². The van der Waals surface area contributed by atoms with Gasteiger partial charge in [-0.2, -0.15) is 0 Å². The summed E-state index contributed by atoms with van der Waals surface area (Å²) >= 11 is 0. The van der Waals surface area contributed by atoms with Gasteiger partial charge in [0, 0.05) is 12.1 Å². The molecule has 1 amide bonds. The van der Waals surface area contributed by atoms with E-state index in [1.54, 1.807) is 0 Å². The molecular formula is C10H22N2O2. The molecule has 0 aliphatic heterocycles. The summed E-state index contributed by atoms with van der Waals surface area (Å²) < 4.78 is 5.13. The van der Waals surface area contributed by atoms with Crippen molar-refractivity contribution < 1.29 is 9.53 Å². The van der Waals surface area contributed by atoms with Crippen LogP contribution in [0.25, 0.3) is 0 Å². The number of rotatable bonds is 7. The zero-order chi connectivity index (χ0) is 11.0. The van der Waals surface area contributed by atoms with E-state index >= 15 is 0 Å². The van der Waals surface area contributed by atoms with Crippen LogP contribution in [0.1, 0.15) is 33.6 Å². The molecule has 0 spiro atoms. The lowest BCUT2D eigenvalue weighted by atomic mass is 10.0. The van der Waals surface area contributed by atoms with Gasteiger partial charge in [0.1, 0.15) is 6.61 Å². The molecule has 3 N–H and O–H groups in total. The van der Waals surface area contributed by atoms with Crippen LogP contribution in [-0.4, -0.2) is 31.2 Å². The van der Waals surface area contributed by atoms with Crippen molar-refractivity contribution in [2.45, 2.75) is 39.2 Å². The number of ether oxygens (including phenoxy) is 1. The molecule has 4 nitrogen and oxygen atoms in total. The Labute approximate surface area is 86.2 Å². The van der Waals surface area contributed by atoms with E-state index in [0.29, 0.717) is 13.2 Å². The first kappa shape index (κ1) is 13.4. The molecular weight excluding hydrogens is 180 g/mol. The Morgan fingerprint density at radius 2 is 2.14 bits per heavy atom. The van der Waals surface area contributed by atoms with E-state index in [1.807, 2.05) is 20.8 Å². The fraction of sp³-hybridized carbons (Fsp3) is 0.900. The van der Waals surface area contributed by atoms with Crippen LogP contribution in [0.15, 0.2) is 0 Å². The Kier molecular flexibility index (Phi) is 6.49. The number of nitrogens with two attached hydrogens (primary N) is 1. The van der Waals surface area contributed by atoms with Crippen LogP contribution in [0.2, 0.25) is 0 Å². The Hall–Kier alpha value is -0.610. The summed E-state index contributed by atoms with van der Waals surface area (Å²) in [4.78, 5) is 11.3. The average Bonchev–Trinajstić information content (AvgIpc) is 2.12. The Morgan fingerprint density at radius 1 is 1.50 bits per heavy atom. The number of carbonyl (C=O) groups excluding carboxylic acids is 1. The highest BCUT2D eigenvalue weighted by atomic mass is 16.5. The van der Waals surface area contributed by atoms with Gasteiger partial charge in [-0.1, -0.05) is 6.92 Å². The number of amides is 1. The summed E-state index contributed by atoms with van der Waals surface area (Å²) in [6.07, 6.45) is 1.70. The second kappa shape index (κ2) is 6.79. The molecule has 0 aliphatic carbocycles. The normalized spacial score (nSPS) is 11.4. The highest BCUT2D eigenvalue weighted by Crippen LogP contribution is 2.05. The molecule has 0 heterocycles. The fourth-order valence-electron chi connectivity index (χ4n) is 0.852. The van der Waals surface area contributed by atoms with Crippen molar-refractivity contribution in [1.29, 1.82) is 0 Å². The number of carbonyl (C=O) groups is 1. The first-order valence-electron chi connectivity index (χ1n) is 5.10. The van der Waals surface area contributed by atoms with Gasteiger partial charge in [-0.05, 0) is 33.2 Å². The second-order valence-electron chi connectivity index (χ2n) is 3.98. The standard InChI is InChI=1S/C10H22N2O2/c1-4-10(2,3)12-9(13)8-14-7-5-6-11/h4-8,11H2,1-3H3,(H,12,13). The molecule has 0 atom stereocenters. The van der Waals surface area contributed by atoms with Gasteiger partial charge in [-0.25, -0.2) is 0 Å². The van der Waals surface area contributed by atoms with Crippen LogP contribution in [0.5, 0.6) is 0 Å². The summed E-state index contributed by atoms with van der Waals surface area (Å²) in [6.45, 7) is 7.30. The third kappa shape index (κ3) is 6.86. The molecule has 84 valence electrons. The molecule has 0 radical (unpaired) electrons. The summed E-state index contributed by atoms with van der Waals surface area (Å²) in [5.74, 6) is -0.0612. The second-order valence-corrected chi connectivity index (χ2v) is 3.98. The molecule has 0 saturated heterocycles. The lowest BCUT2D eigenvalue weighted by Crippen LogP contribution is -2.44. The third-order valence-corrected chi connectivity index (χ3v) is 2.09. The van der Waals surface area contributed by atoms with E-state index in [4.69, 9.17) is 10.5 Å². The van der Waals surface area contributed by atoms with Crippen LogP contribution in [-0.2, 0) is 9.53 Å². The molecule has 4 heteroatoms. The van der Waals surface area contributed by atoms with Gasteiger partial charge in [0.05, 0.1) is 0 Å². The quantitative estimate of drug-likeness (QED) is 0.596. The summed E-state index contributed by atoms with van der Waals surface area (Å²) in [6, 6.07) is 0. The minimum atomic E-state index is -0.145. The summed E-state index contributed by atoms with van der Waals surface area (Å²) in [7, 11) is 0. The van der Waals surface area contributed by atoms with E-state index in [1.165, 1.54) is 0 Å². The monoisotopic (exact) mass is 202 g/mol. The maximum absolute atomic E-state index is 11.3. The molecule has 0 aliphatic rings. The Balaban J connectivity index is 3.55. The number of hydrogen-bond acceptors (Lipinski definition) is 3. The van der Waals surface area contributed by atoms with Crippen molar-refractivity contribution in [3.05, 3.63) is 0 Å². The largest absolute Gasteiger partial charge is 0.372 e. The van der Waals surface area contributed by atoms with E-state index in [2.05, 4.69) is 5.32 Å². The first-order valence-corrected chi connectivity index (χ1v) is 5.10. The molecule has 0 fully saturated rings. The zero-order valence-corrected chi connectivity index (χ0v) is 9.43. The lowest BCUT2D eigenvalue weighted by Gasteiger charge is -2.24. The van der Waals surface area contributed by atoms with Gasteiger partial charge in [0.2, 0.25) is 5.91 Å². The van der Waals surface area contributed by atoms with Crippen molar-refractivity contribution in [2.75, 3.05) is 19.8 Å². The molecule has 0 rings (SSSR count). The SMILES string of the molecule is CCC(C)(C)NC(=O)COCCCN. The zero-order valence-electron chi connectivity index (χ0n) is 9.43. The van der Waals surface area contributed by atoms with Gasteiger partial charge in [-0.3, -0.25) is 4.79 Å². The van der Waals surface area contributed by atoms with Crippen molar-refractivity contribution in [2.24, 2.45) is 5.73 Å². The molecule has 0 aromatic heterocycles. The smallest absolute Gasteiger partial charge is 0.246 e. The first-order chi connectivity index (χ1) is 6.52. The lowest BCUT2D eigenvalue weighted by molar-refractivity contribution is -0.127. The fourth-order valence-corrected chi connectivity index (χ4v) is 0.852. The highest BCUT2D eigenvalue weighted by Gasteiger charge is 2.17. The van der Waals surface area contributed by atoms with Crippen LogP contribution in [0.3, 0.4) is 0 Å². The molecule has 14 heavy (non-hydrogen) atoms. The highest BCUT2D eigenvalue weighted by molar-refractivity contribution is 5.77. The Bertz CT molecular complexity index is 170. The number of nitrogens with one attached hydrogen (secondary N) is 1. The van der Waals surface area contributed by atoms with Crippen molar-refractivity contribution in [3.8, 4) is 0 Å². The molecule has 0 unspecified atom stereocenters.